The second-order valence-corrected chi connectivity index (χ2v) is 6.05. The Bertz CT molecular complexity index is 590. The van der Waals surface area contributed by atoms with E-state index in [1.807, 2.05) is 5.32 Å². The molecule has 0 aliphatic rings. The molecule has 0 aromatic heterocycles. The van der Waals surface area contributed by atoms with E-state index in [0.717, 1.165) is 0 Å². The van der Waals surface area contributed by atoms with E-state index in [4.69, 9.17) is 21.7 Å². The van der Waals surface area contributed by atoms with Crippen molar-refractivity contribution in [1.82, 2.24) is 16.0 Å². The van der Waals surface area contributed by atoms with E-state index in [1.54, 1.807) is 0 Å². The number of nitrogens with one attached hydrogen (secondary N) is 3. The van der Waals surface area contributed by atoms with E-state index < -0.39 is 67.0 Å². The van der Waals surface area contributed by atoms with Crippen molar-refractivity contribution >= 4 is 42.2 Å². The summed E-state index contributed by atoms with van der Waals surface area (Å²) in [5, 5.41) is 33.4. The molecule has 0 aliphatic heterocycles. The number of carboxylic acids is 1. The standard InChI is InChI=1S/C14H25N5O8S/c15-6(1-2-10(16)22)11(23)17-7(3-20)12(24)19-9(5-28)13(25)18-8(4-21)14(26)27/h6-9,20-21,28H,1-5,15H2,(H2,16,22)(H,17,23)(H,18,25)(H,19,24)(H,26,27). The van der Waals surface area contributed by atoms with E-state index in [-0.39, 0.29) is 18.6 Å². The van der Waals surface area contributed by atoms with E-state index in [0.29, 0.717) is 0 Å². The molecule has 4 atom stereocenters. The number of aliphatic carboxylic acids is 1. The molecule has 4 unspecified atom stereocenters. The summed E-state index contributed by atoms with van der Waals surface area (Å²) in [4.78, 5) is 57.6. The fraction of sp³-hybridized carbons (Fsp3) is 0.643. The van der Waals surface area contributed by atoms with Gasteiger partial charge in [-0.25, -0.2) is 4.79 Å². The largest absolute Gasteiger partial charge is 0.480 e. The fourth-order valence-corrected chi connectivity index (χ4v) is 2.08. The molecule has 0 saturated carbocycles. The summed E-state index contributed by atoms with van der Waals surface area (Å²) >= 11 is 3.88. The van der Waals surface area contributed by atoms with Gasteiger partial charge in [0, 0.05) is 12.2 Å². The number of amides is 4. The molecule has 0 heterocycles. The zero-order chi connectivity index (χ0) is 21.9. The number of carbonyl (C=O) groups is 5. The number of hydrogen-bond donors (Lipinski definition) is 9. The maximum absolute atomic E-state index is 12.2. The Balaban J connectivity index is 4.86. The molecule has 13 nitrogen and oxygen atoms in total. The van der Waals surface area contributed by atoms with Crippen LogP contribution in [0.4, 0.5) is 0 Å². The molecule has 4 amide bonds. The second kappa shape index (κ2) is 12.9. The topological polar surface area (TPSA) is 234 Å². The van der Waals surface area contributed by atoms with E-state index in [1.165, 1.54) is 0 Å². The number of nitrogens with two attached hydrogens (primary N) is 2. The number of aliphatic hydroxyl groups excluding tert-OH is 2. The second-order valence-electron chi connectivity index (χ2n) is 5.68. The minimum absolute atomic E-state index is 0.0691. The molecule has 0 spiro atoms. The van der Waals surface area contributed by atoms with Gasteiger partial charge in [-0.1, -0.05) is 0 Å². The Morgan fingerprint density at radius 3 is 1.75 bits per heavy atom. The molecule has 0 bridgehead atoms. The van der Waals surface area contributed by atoms with Crippen molar-refractivity contribution < 1.29 is 39.3 Å². The molecule has 10 N–H and O–H groups in total. The Morgan fingerprint density at radius 1 is 0.857 bits per heavy atom. The molecule has 0 rings (SSSR count). The van der Waals surface area contributed by atoms with Crippen LogP contribution in [-0.2, 0) is 24.0 Å². The van der Waals surface area contributed by atoms with Crippen LogP contribution in [0.2, 0.25) is 0 Å². The summed E-state index contributed by atoms with van der Waals surface area (Å²) in [5.41, 5.74) is 10.5. The van der Waals surface area contributed by atoms with Crippen molar-refractivity contribution in [3.63, 3.8) is 0 Å². The minimum Gasteiger partial charge on any atom is -0.480 e. The summed E-state index contributed by atoms with van der Waals surface area (Å²) in [6.07, 6.45) is -0.220. The summed E-state index contributed by atoms with van der Waals surface area (Å²) < 4.78 is 0. The maximum Gasteiger partial charge on any atom is 0.328 e. The van der Waals surface area contributed by atoms with Crippen LogP contribution >= 0.6 is 12.6 Å². The first-order chi connectivity index (χ1) is 13.1. The first-order valence-corrected chi connectivity index (χ1v) is 8.70. The molecular weight excluding hydrogens is 398 g/mol. The lowest BCUT2D eigenvalue weighted by molar-refractivity contribution is -0.143. The van der Waals surface area contributed by atoms with Crippen molar-refractivity contribution in [2.24, 2.45) is 11.5 Å². The highest BCUT2D eigenvalue weighted by Gasteiger charge is 2.29. The number of hydrogen-bond acceptors (Lipinski definition) is 9. The molecule has 0 aromatic carbocycles. The maximum atomic E-state index is 12.2. The predicted octanol–water partition coefficient (Wildman–Crippen LogP) is -4.97. The average molecular weight is 423 g/mol. The van der Waals surface area contributed by atoms with Crippen molar-refractivity contribution in [3.8, 4) is 0 Å². The van der Waals surface area contributed by atoms with E-state index >= 15 is 0 Å². The Hall–Kier alpha value is -2.42. The molecular formula is C14H25N5O8S. The van der Waals surface area contributed by atoms with Gasteiger partial charge >= 0.3 is 5.97 Å². The fourth-order valence-electron chi connectivity index (χ4n) is 1.83. The van der Waals surface area contributed by atoms with E-state index in [2.05, 4.69) is 23.3 Å². The minimum atomic E-state index is -1.58. The van der Waals surface area contributed by atoms with Gasteiger partial charge in [0.2, 0.25) is 23.6 Å². The van der Waals surface area contributed by atoms with Gasteiger partial charge in [0.1, 0.15) is 18.1 Å². The van der Waals surface area contributed by atoms with Crippen LogP contribution in [0.3, 0.4) is 0 Å². The molecule has 14 heteroatoms. The lowest BCUT2D eigenvalue weighted by atomic mass is 10.1. The average Bonchev–Trinajstić information content (AvgIpc) is 2.65. The quantitative estimate of drug-likeness (QED) is 0.129. The smallest absolute Gasteiger partial charge is 0.328 e. The Labute approximate surface area is 165 Å². The van der Waals surface area contributed by atoms with Crippen LogP contribution < -0.4 is 27.4 Å². The van der Waals surface area contributed by atoms with Gasteiger partial charge < -0.3 is 42.7 Å². The van der Waals surface area contributed by atoms with Crippen molar-refractivity contribution in [2.45, 2.75) is 37.0 Å². The van der Waals surface area contributed by atoms with Crippen molar-refractivity contribution in [1.29, 1.82) is 0 Å². The van der Waals surface area contributed by atoms with Crippen LogP contribution in [0.1, 0.15) is 12.8 Å². The lowest BCUT2D eigenvalue weighted by Gasteiger charge is -2.23. The third kappa shape index (κ3) is 8.98. The molecule has 0 aliphatic carbocycles. The van der Waals surface area contributed by atoms with E-state index in [9.17, 15) is 29.1 Å². The van der Waals surface area contributed by atoms with Crippen LogP contribution in [-0.4, -0.2) is 88.1 Å². The van der Waals surface area contributed by atoms with Gasteiger partial charge in [-0.2, -0.15) is 12.6 Å². The van der Waals surface area contributed by atoms with Gasteiger partial charge in [0.25, 0.3) is 0 Å². The summed E-state index contributed by atoms with van der Waals surface area (Å²) in [5.74, 6) is -5.10. The number of rotatable bonds is 13. The van der Waals surface area contributed by atoms with Gasteiger partial charge in [-0.3, -0.25) is 19.2 Å². The van der Waals surface area contributed by atoms with Crippen LogP contribution in [0.15, 0.2) is 0 Å². The van der Waals surface area contributed by atoms with Gasteiger partial charge in [0.15, 0.2) is 0 Å². The highest BCUT2D eigenvalue weighted by Crippen LogP contribution is 1.97. The predicted molar refractivity (Wildman–Crippen MR) is 97.9 cm³/mol. The number of primary amides is 1. The normalized spacial score (nSPS) is 14.9. The van der Waals surface area contributed by atoms with Gasteiger partial charge in [0.05, 0.1) is 19.3 Å². The summed E-state index contributed by atoms with van der Waals surface area (Å²) in [7, 11) is 0. The van der Waals surface area contributed by atoms with Crippen molar-refractivity contribution in [2.75, 3.05) is 19.0 Å². The molecule has 28 heavy (non-hydrogen) atoms. The number of carboxylic acid groups (broad SMARTS) is 1. The number of carbonyl (C=O) groups excluding carboxylic acids is 4. The zero-order valence-corrected chi connectivity index (χ0v) is 15.7. The molecule has 160 valence electrons. The SMILES string of the molecule is NC(=O)CCC(N)C(=O)NC(CO)C(=O)NC(CS)C(=O)NC(CO)C(=O)O. The highest BCUT2D eigenvalue weighted by molar-refractivity contribution is 7.80. The summed E-state index contributed by atoms with van der Waals surface area (Å²) in [6.45, 7) is -1.69. The summed E-state index contributed by atoms with van der Waals surface area (Å²) in [6, 6.07) is -5.50. The first-order valence-electron chi connectivity index (χ1n) is 8.07. The number of thiol groups is 1. The third-order valence-corrected chi connectivity index (χ3v) is 3.83. The van der Waals surface area contributed by atoms with Crippen LogP contribution in [0, 0.1) is 0 Å². The van der Waals surface area contributed by atoms with Gasteiger partial charge in [-0.05, 0) is 6.42 Å². The number of aliphatic hydroxyl groups is 2. The Kier molecular flexibility index (Phi) is 11.8. The highest BCUT2D eigenvalue weighted by atomic mass is 32.1. The molecule has 0 saturated heterocycles. The first kappa shape index (κ1) is 25.6. The lowest BCUT2D eigenvalue weighted by Crippen LogP contribution is -2.58. The monoisotopic (exact) mass is 423 g/mol. The van der Waals surface area contributed by atoms with Crippen LogP contribution in [0.5, 0.6) is 0 Å². The molecule has 0 radical (unpaired) electrons. The zero-order valence-electron chi connectivity index (χ0n) is 14.8. The van der Waals surface area contributed by atoms with Crippen molar-refractivity contribution in [3.05, 3.63) is 0 Å². The Morgan fingerprint density at radius 2 is 1.32 bits per heavy atom. The molecule has 0 aromatic rings. The third-order valence-electron chi connectivity index (χ3n) is 3.47. The van der Waals surface area contributed by atoms with Crippen LogP contribution in [0.25, 0.3) is 0 Å². The van der Waals surface area contributed by atoms with Gasteiger partial charge in [-0.15, -0.1) is 0 Å². The molecule has 0 fully saturated rings.